The SMILES string of the molecule is CC(c1ccc([N+](=O)[O-])cc1)(c1ccc(O)c(Br)c1)c1ccc(O)c(Br)c1. The number of phenols is 2. The van der Waals surface area contributed by atoms with Crippen molar-refractivity contribution in [1.29, 1.82) is 0 Å². The molecule has 138 valence electrons. The monoisotopic (exact) mass is 491 g/mol. The first kappa shape index (κ1) is 19.4. The van der Waals surface area contributed by atoms with Gasteiger partial charge in [0.05, 0.1) is 13.9 Å². The van der Waals surface area contributed by atoms with E-state index in [1.165, 1.54) is 12.1 Å². The van der Waals surface area contributed by atoms with E-state index >= 15 is 0 Å². The van der Waals surface area contributed by atoms with Gasteiger partial charge in [0.15, 0.2) is 0 Å². The average Bonchev–Trinajstić information content (AvgIpc) is 2.65. The topological polar surface area (TPSA) is 83.6 Å². The second-order valence-electron chi connectivity index (χ2n) is 6.26. The number of phenolic OH excluding ortho intramolecular Hbond substituents is 2. The molecule has 5 nitrogen and oxygen atoms in total. The van der Waals surface area contributed by atoms with Crippen LogP contribution in [0.4, 0.5) is 5.69 Å². The van der Waals surface area contributed by atoms with Gasteiger partial charge < -0.3 is 10.2 Å². The Balaban J connectivity index is 2.26. The maximum absolute atomic E-state index is 11.0. The van der Waals surface area contributed by atoms with Crippen LogP contribution in [0.2, 0.25) is 0 Å². The van der Waals surface area contributed by atoms with Crippen LogP contribution in [0.3, 0.4) is 0 Å². The Bertz CT molecular complexity index is 967. The fraction of sp³-hybridized carbons (Fsp3) is 0.100. The van der Waals surface area contributed by atoms with Crippen molar-refractivity contribution in [2.75, 3.05) is 0 Å². The standard InChI is InChI=1S/C20H15Br2NO4/c1-20(13-4-8-18(24)16(21)10-13,14-5-9-19(25)17(22)11-14)12-2-6-15(7-3-12)23(26)27/h2-11,24-25H,1H3. The fourth-order valence-corrected chi connectivity index (χ4v) is 3.81. The largest absolute Gasteiger partial charge is 0.507 e. The number of nitro groups is 1. The molecule has 0 atom stereocenters. The van der Waals surface area contributed by atoms with Gasteiger partial charge in [-0.1, -0.05) is 24.3 Å². The minimum Gasteiger partial charge on any atom is -0.507 e. The number of rotatable bonds is 4. The van der Waals surface area contributed by atoms with Gasteiger partial charge in [-0.05, 0) is 79.7 Å². The predicted molar refractivity (Wildman–Crippen MR) is 110 cm³/mol. The van der Waals surface area contributed by atoms with E-state index in [-0.39, 0.29) is 17.2 Å². The van der Waals surface area contributed by atoms with Crippen molar-refractivity contribution in [3.8, 4) is 11.5 Å². The highest BCUT2D eigenvalue weighted by molar-refractivity contribution is 9.10. The molecule has 0 saturated heterocycles. The number of hydrogen-bond acceptors (Lipinski definition) is 4. The molecule has 0 unspecified atom stereocenters. The predicted octanol–water partition coefficient (Wildman–Crippen LogP) is 5.89. The molecule has 0 saturated carbocycles. The molecule has 0 spiro atoms. The quantitative estimate of drug-likeness (QED) is 0.270. The molecule has 0 heterocycles. The molecule has 0 aliphatic rings. The Labute approximate surface area is 172 Å². The van der Waals surface area contributed by atoms with Crippen molar-refractivity contribution >= 4 is 37.5 Å². The van der Waals surface area contributed by atoms with Crippen molar-refractivity contribution in [2.24, 2.45) is 0 Å². The molecule has 0 aliphatic carbocycles. The summed E-state index contributed by atoms with van der Waals surface area (Å²) in [4.78, 5) is 10.6. The highest BCUT2D eigenvalue weighted by Gasteiger charge is 2.32. The van der Waals surface area contributed by atoms with Gasteiger partial charge in [0.1, 0.15) is 11.5 Å². The van der Waals surface area contributed by atoms with E-state index in [4.69, 9.17) is 0 Å². The Hall–Kier alpha value is -2.38. The second kappa shape index (κ2) is 7.32. The van der Waals surface area contributed by atoms with E-state index in [9.17, 15) is 20.3 Å². The lowest BCUT2D eigenvalue weighted by molar-refractivity contribution is -0.384. The average molecular weight is 493 g/mol. The molecule has 2 N–H and O–H groups in total. The Morgan fingerprint density at radius 3 is 1.59 bits per heavy atom. The van der Waals surface area contributed by atoms with Gasteiger partial charge in [0, 0.05) is 17.5 Å². The van der Waals surface area contributed by atoms with Crippen molar-refractivity contribution < 1.29 is 15.1 Å². The first-order valence-electron chi connectivity index (χ1n) is 7.96. The second-order valence-corrected chi connectivity index (χ2v) is 7.97. The minimum absolute atomic E-state index is 0.0138. The van der Waals surface area contributed by atoms with Crippen LogP contribution in [0.1, 0.15) is 23.6 Å². The summed E-state index contributed by atoms with van der Waals surface area (Å²) in [5, 5.41) is 30.7. The number of nitrogens with zero attached hydrogens (tertiary/aromatic N) is 1. The number of benzene rings is 3. The van der Waals surface area contributed by atoms with Gasteiger partial charge >= 0.3 is 0 Å². The normalized spacial score (nSPS) is 11.4. The lowest BCUT2D eigenvalue weighted by Crippen LogP contribution is -2.25. The van der Waals surface area contributed by atoms with Crippen LogP contribution < -0.4 is 0 Å². The lowest BCUT2D eigenvalue weighted by Gasteiger charge is -2.32. The van der Waals surface area contributed by atoms with Gasteiger partial charge in [0.25, 0.3) is 5.69 Å². The van der Waals surface area contributed by atoms with Crippen LogP contribution in [0, 0.1) is 10.1 Å². The number of nitro benzene ring substituents is 1. The summed E-state index contributed by atoms with van der Waals surface area (Å²) in [5.74, 6) is 0.244. The third-order valence-corrected chi connectivity index (χ3v) is 5.98. The highest BCUT2D eigenvalue weighted by atomic mass is 79.9. The van der Waals surface area contributed by atoms with Crippen LogP contribution >= 0.6 is 31.9 Å². The Morgan fingerprint density at radius 1 is 0.815 bits per heavy atom. The third-order valence-electron chi connectivity index (χ3n) is 4.71. The third kappa shape index (κ3) is 3.57. The Kier molecular flexibility index (Phi) is 5.26. The molecule has 0 aromatic heterocycles. The van der Waals surface area contributed by atoms with Crippen LogP contribution in [0.25, 0.3) is 0 Å². The lowest BCUT2D eigenvalue weighted by atomic mass is 9.71. The molecule has 0 amide bonds. The molecule has 27 heavy (non-hydrogen) atoms. The number of halogens is 2. The summed E-state index contributed by atoms with van der Waals surface area (Å²) in [6, 6.07) is 16.8. The van der Waals surface area contributed by atoms with Crippen LogP contribution in [-0.4, -0.2) is 15.1 Å². The first-order chi connectivity index (χ1) is 12.7. The summed E-state index contributed by atoms with van der Waals surface area (Å²) in [5.41, 5.74) is 1.92. The summed E-state index contributed by atoms with van der Waals surface area (Å²) in [6.45, 7) is 1.99. The maximum atomic E-state index is 11.0. The molecule has 7 heteroatoms. The van der Waals surface area contributed by atoms with E-state index in [0.717, 1.165) is 16.7 Å². The zero-order valence-electron chi connectivity index (χ0n) is 14.2. The van der Waals surface area contributed by atoms with E-state index in [1.807, 2.05) is 31.2 Å². The molecule has 3 aromatic rings. The fourth-order valence-electron chi connectivity index (χ4n) is 3.05. The molecule has 3 aromatic carbocycles. The summed E-state index contributed by atoms with van der Waals surface area (Å²) < 4.78 is 1.09. The van der Waals surface area contributed by atoms with Crippen molar-refractivity contribution in [3.05, 3.63) is 96.4 Å². The smallest absolute Gasteiger partial charge is 0.269 e. The molecule has 3 rings (SSSR count). The zero-order chi connectivity index (χ0) is 19.8. The number of hydrogen-bond donors (Lipinski definition) is 2. The summed E-state index contributed by atoms with van der Waals surface area (Å²) in [7, 11) is 0. The van der Waals surface area contributed by atoms with Gasteiger partial charge in [-0.3, -0.25) is 10.1 Å². The van der Waals surface area contributed by atoms with E-state index < -0.39 is 10.3 Å². The summed E-state index contributed by atoms with van der Waals surface area (Å²) in [6.07, 6.45) is 0. The van der Waals surface area contributed by atoms with Gasteiger partial charge in [-0.15, -0.1) is 0 Å². The van der Waals surface area contributed by atoms with Crippen molar-refractivity contribution in [3.63, 3.8) is 0 Å². The molecule has 0 radical (unpaired) electrons. The van der Waals surface area contributed by atoms with E-state index in [0.29, 0.717) is 8.95 Å². The molecule has 0 aliphatic heterocycles. The van der Waals surface area contributed by atoms with Gasteiger partial charge in [0.2, 0.25) is 0 Å². The maximum Gasteiger partial charge on any atom is 0.269 e. The molecular weight excluding hydrogens is 478 g/mol. The van der Waals surface area contributed by atoms with Crippen molar-refractivity contribution in [2.45, 2.75) is 12.3 Å². The molecule has 0 fully saturated rings. The zero-order valence-corrected chi connectivity index (χ0v) is 17.4. The number of aromatic hydroxyl groups is 2. The highest BCUT2D eigenvalue weighted by Crippen LogP contribution is 2.43. The van der Waals surface area contributed by atoms with Crippen LogP contribution in [0.15, 0.2) is 69.6 Å². The first-order valence-corrected chi connectivity index (χ1v) is 9.55. The van der Waals surface area contributed by atoms with Gasteiger partial charge in [-0.25, -0.2) is 0 Å². The van der Waals surface area contributed by atoms with Gasteiger partial charge in [-0.2, -0.15) is 0 Å². The summed E-state index contributed by atoms with van der Waals surface area (Å²) >= 11 is 6.70. The number of non-ortho nitro benzene ring substituents is 1. The van der Waals surface area contributed by atoms with Crippen molar-refractivity contribution in [1.82, 2.24) is 0 Å². The minimum atomic E-state index is -0.679. The van der Waals surface area contributed by atoms with E-state index in [2.05, 4.69) is 31.9 Å². The molecular formula is C20H15Br2NO4. The van der Waals surface area contributed by atoms with E-state index in [1.54, 1.807) is 24.3 Å². The molecule has 0 bridgehead atoms. The van der Waals surface area contributed by atoms with Crippen LogP contribution in [0.5, 0.6) is 11.5 Å². The Morgan fingerprint density at radius 2 is 1.22 bits per heavy atom. The van der Waals surface area contributed by atoms with Crippen LogP contribution in [-0.2, 0) is 5.41 Å².